The summed E-state index contributed by atoms with van der Waals surface area (Å²) in [5, 5.41) is 1.15. The van der Waals surface area contributed by atoms with Gasteiger partial charge in [-0.2, -0.15) is 0 Å². The van der Waals surface area contributed by atoms with Crippen molar-refractivity contribution >= 4 is 21.9 Å². The van der Waals surface area contributed by atoms with E-state index in [9.17, 15) is 0 Å². The van der Waals surface area contributed by atoms with E-state index in [1.54, 1.807) is 6.33 Å². The number of hydrogen-bond donors (Lipinski definition) is 1. The fraction of sp³-hybridized carbons (Fsp3) is 0.375. The van der Waals surface area contributed by atoms with Crippen LogP contribution in [0.2, 0.25) is 0 Å². The molecule has 0 atom stereocenters. The van der Waals surface area contributed by atoms with Crippen molar-refractivity contribution in [3.63, 3.8) is 0 Å². The van der Waals surface area contributed by atoms with E-state index in [1.807, 2.05) is 12.1 Å². The number of rotatable bonds is 2. The summed E-state index contributed by atoms with van der Waals surface area (Å²) < 4.78 is 5.44. The number of hydrogen-bond acceptors (Lipinski definition) is 3. The van der Waals surface area contributed by atoms with Gasteiger partial charge in [-0.3, -0.25) is 4.98 Å². The normalized spacial score (nSPS) is 17.0. The van der Waals surface area contributed by atoms with Gasteiger partial charge in [-0.05, 0) is 31.2 Å². The van der Waals surface area contributed by atoms with Crippen LogP contribution in [-0.2, 0) is 11.2 Å². The van der Waals surface area contributed by atoms with Crippen molar-refractivity contribution in [2.45, 2.75) is 19.3 Å². The Hall–Kier alpha value is -1.94. The first-order chi connectivity index (χ1) is 9.92. The van der Waals surface area contributed by atoms with E-state index >= 15 is 0 Å². The second kappa shape index (κ2) is 4.87. The van der Waals surface area contributed by atoms with Crippen molar-refractivity contribution in [2.75, 3.05) is 13.2 Å². The van der Waals surface area contributed by atoms with Crippen LogP contribution in [-0.4, -0.2) is 28.2 Å². The number of fused-ring (bicyclic) bond motifs is 3. The standard InChI is InChI=1S/C16H17N3O/c1-2-4-13-12(3-1)15-16(18-10-17-15)14(19-13)9-11-5-7-20-8-6-11/h1-4,10-11H,5-9H2,(H,17,18). The Labute approximate surface area is 117 Å². The third-order valence-corrected chi connectivity index (χ3v) is 4.16. The Morgan fingerprint density at radius 2 is 2.05 bits per heavy atom. The molecule has 0 radical (unpaired) electrons. The average molecular weight is 267 g/mol. The van der Waals surface area contributed by atoms with Gasteiger partial charge in [0.15, 0.2) is 0 Å². The molecular formula is C16H17N3O. The summed E-state index contributed by atoms with van der Waals surface area (Å²) >= 11 is 0. The van der Waals surface area contributed by atoms with E-state index in [4.69, 9.17) is 9.72 Å². The van der Waals surface area contributed by atoms with Gasteiger partial charge in [-0.25, -0.2) is 4.98 Å². The maximum absolute atomic E-state index is 5.44. The highest BCUT2D eigenvalue weighted by molar-refractivity contribution is 6.02. The minimum absolute atomic E-state index is 0.664. The Morgan fingerprint density at radius 3 is 2.95 bits per heavy atom. The fourth-order valence-electron chi connectivity index (χ4n) is 3.07. The van der Waals surface area contributed by atoms with E-state index in [0.29, 0.717) is 5.92 Å². The lowest BCUT2D eigenvalue weighted by molar-refractivity contribution is 0.0664. The maximum Gasteiger partial charge on any atom is 0.110 e. The molecule has 3 aromatic rings. The molecule has 3 heterocycles. The molecule has 102 valence electrons. The summed E-state index contributed by atoms with van der Waals surface area (Å²) in [4.78, 5) is 12.6. The second-order valence-electron chi connectivity index (χ2n) is 5.46. The lowest BCUT2D eigenvalue weighted by Gasteiger charge is -2.21. The summed E-state index contributed by atoms with van der Waals surface area (Å²) in [6, 6.07) is 8.25. The molecule has 1 aliphatic rings. The molecule has 1 saturated heterocycles. The van der Waals surface area contributed by atoms with E-state index in [2.05, 4.69) is 22.1 Å². The van der Waals surface area contributed by atoms with Gasteiger partial charge in [-0.15, -0.1) is 0 Å². The molecule has 20 heavy (non-hydrogen) atoms. The van der Waals surface area contributed by atoms with E-state index < -0.39 is 0 Å². The van der Waals surface area contributed by atoms with Crippen molar-refractivity contribution in [1.82, 2.24) is 15.0 Å². The molecular weight excluding hydrogens is 250 g/mol. The average Bonchev–Trinajstić information content (AvgIpc) is 2.98. The topological polar surface area (TPSA) is 50.8 Å². The summed E-state index contributed by atoms with van der Waals surface area (Å²) in [7, 11) is 0. The number of aromatic nitrogens is 3. The second-order valence-corrected chi connectivity index (χ2v) is 5.46. The van der Waals surface area contributed by atoms with Gasteiger partial charge in [-0.1, -0.05) is 18.2 Å². The third kappa shape index (κ3) is 1.96. The summed E-state index contributed by atoms with van der Waals surface area (Å²) in [5.41, 5.74) is 4.30. The zero-order valence-electron chi connectivity index (χ0n) is 11.3. The Kier molecular flexibility index (Phi) is 2.89. The summed E-state index contributed by atoms with van der Waals surface area (Å²) in [6.45, 7) is 1.75. The quantitative estimate of drug-likeness (QED) is 0.776. The van der Waals surface area contributed by atoms with Crippen molar-refractivity contribution < 1.29 is 4.74 Å². The Balaban J connectivity index is 1.82. The first-order valence-electron chi connectivity index (χ1n) is 7.20. The zero-order valence-corrected chi connectivity index (χ0v) is 11.3. The number of ether oxygens (including phenoxy) is 1. The highest BCUT2D eigenvalue weighted by Gasteiger charge is 2.18. The zero-order chi connectivity index (χ0) is 13.4. The molecule has 0 unspecified atom stereocenters. The van der Waals surface area contributed by atoms with Crippen molar-refractivity contribution in [3.05, 3.63) is 36.3 Å². The molecule has 2 aromatic heterocycles. The molecule has 4 nitrogen and oxygen atoms in total. The molecule has 1 N–H and O–H groups in total. The molecule has 4 heteroatoms. The summed E-state index contributed by atoms with van der Waals surface area (Å²) in [5.74, 6) is 0.664. The SMILES string of the molecule is c1ccc2c(c1)nc(CC1CCOCC1)c1nc[nH]c12. The van der Waals surface area contributed by atoms with Gasteiger partial charge in [0.1, 0.15) is 5.52 Å². The molecule has 1 aliphatic heterocycles. The van der Waals surface area contributed by atoms with E-state index in [0.717, 1.165) is 60.1 Å². The van der Waals surface area contributed by atoms with Gasteiger partial charge in [0, 0.05) is 18.6 Å². The molecule has 1 fully saturated rings. The number of pyridine rings is 1. The minimum atomic E-state index is 0.664. The van der Waals surface area contributed by atoms with E-state index in [1.165, 1.54) is 0 Å². The van der Waals surface area contributed by atoms with Crippen LogP contribution in [0.1, 0.15) is 18.5 Å². The number of para-hydroxylation sites is 1. The number of aromatic amines is 1. The third-order valence-electron chi connectivity index (χ3n) is 4.16. The van der Waals surface area contributed by atoms with Crippen molar-refractivity contribution in [1.29, 1.82) is 0 Å². The van der Waals surface area contributed by atoms with Gasteiger partial charge >= 0.3 is 0 Å². The van der Waals surface area contributed by atoms with Crippen molar-refractivity contribution in [3.8, 4) is 0 Å². The highest BCUT2D eigenvalue weighted by Crippen LogP contribution is 2.27. The molecule has 1 aromatic carbocycles. The Morgan fingerprint density at radius 1 is 1.20 bits per heavy atom. The van der Waals surface area contributed by atoms with E-state index in [-0.39, 0.29) is 0 Å². The molecule has 0 saturated carbocycles. The molecule has 0 spiro atoms. The minimum Gasteiger partial charge on any atom is -0.381 e. The predicted molar refractivity (Wildman–Crippen MR) is 78.6 cm³/mol. The monoisotopic (exact) mass is 267 g/mol. The lowest BCUT2D eigenvalue weighted by atomic mass is 9.94. The number of nitrogens with one attached hydrogen (secondary N) is 1. The van der Waals surface area contributed by atoms with Crippen LogP contribution < -0.4 is 0 Å². The molecule has 0 bridgehead atoms. The molecule has 0 amide bonds. The highest BCUT2D eigenvalue weighted by atomic mass is 16.5. The summed E-state index contributed by atoms with van der Waals surface area (Å²) in [6.07, 6.45) is 5.02. The van der Waals surface area contributed by atoms with Crippen LogP contribution in [0.5, 0.6) is 0 Å². The molecule has 0 aliphatic carbocycles. The Bertz CT molecular complexity index is 744. The number of H-pyrrole nitrogens is 1. The van der Waals surface area contributed by atoms with Gasteiger partial charge in [0.05, 0.1) is 23.1 Å². The lowest BCUT2D eigenvalue weighted by Crippen LogP contribution is -2.18. The van der Waals surface area contributed by atoms with Crippen LogP contribution in [0.4, 0.5) is 0 Å². The maximum atomic E-state index is 5.44. The first kappa shape index (κ1) is 11.9. The number of nitrogens with zero attached hydrogens (tertiary/aromatic N) is 2. The fourth-order valence-corrected chi connectivity index (χ4v) is 3.07. The van der Waals surface area contributed by atoms with Gasteiger partial charge < -0.3 is 9.72 Å². The molecule has 4 rings (SSSR count). The van der Waals surface area contributed by atoms with Gasteiger partial charge in [0.2, 0.25) is 0 Å². The van der Waals surface area contributed by atoms with Crippen LogP contribution in [0.15, 0.2) is 30.6 Å². The van der Waals surface area contributed by atoms with Crippen LogP contribution in [0, 0.1) is 5.92 Å². The van der Waals surface area contributed by atoms with Gasteiger partial charge in [0.25, 0.3) is 0 Å². The number of benzene rings is 1. The number of imidazole rings is 1. The largest absolute Gasteiger partial charge is 0.381 e. The smallest absolute Gasteiger partial charge is 0.110 e. The van der Waals surface area contributed by atoms with Crippen LogP contribution in [0.25, 0.3) is 21.9 Å². The first-order valence-corrected chi connectivity index (χ1v) is 7.20. The van der Waals surface area contributed by atoms with Crippen LogP contribution in [0.3, 0.4) is 0 Å². The predicted octanol–water partition coefficient (Wildman–Crippen LogP) is 3.08. The van der Waals surface area contributed by atoms with Crippen molar-refractivity contribution in [2.24, 2.45) is 5.92 Å². The van der Waals surface area contributed by atoms with Crippen LogP contribution >= 0.6 is 0 Å².